The smallest absolute Gasteiger partial charge is 0.248 e. The van der Waals surface area contributed by atoms with Gasteiger partial charge in [-0.05, 0) is 55.0 Å². The van der Waals surface area contributed by atoms with Crippen molar-refractivity contribution in [2.24, 2.45) is 0 Å². The average molecular weight is 464 g/mol. The van der Waals surface area contributed by atoms with Gasteiger partial charge >= 0.3 is 0 Å². The van der Waals surface area contributed by atoms with Crippen molar-refractivity contribution in [1.82, 2.24) is 14.5 Å². The molecule has 3 heterocycles. The number of fused-ring (bicyclic) bond motifs is 3. The Kier molecular flexibility index (Phi) is 5.72. The standard InChI is InChI=1S/C24H25N5O3S/c1-32-17-8-6-16(7-9-17)27-12-14-28(15-13-27)21(30)11-10-20-23(31)26-22-18-4-2-3-5-19(18)25-24(33)29(20)22/h2-9,20H,10-15H2,1H3,(H,26,31). The van der Waals surface area contributed by atoms with Gasteiger partial charge in [0.05, 0.1) is 12.6 Å². The first-order valence-corrected chi connectivity index (χ1v) is 11.4. The summed E-state index contributed by atoms with van der Waals surface area (Å²) in [7, 11) is 1.65. The van der Waals surface area contributed by atoms with E-state index >= 15 is 0 Å². The van der Waals surface area contributed by atoms with Crippen molar-refractivity contribution in [2.45, 2.75) is 18.9 Å². The van der Waals surface area contributed by atoms with Crippen molar-refractivity contribution in [3.8, 4) is 5.75 Å². The SMILES string of the molecule is COc1ccc(N2CCN(C(=O)CCC3C(=O)Nc4c5ccccc5nc(=S)n43)CC2)cc1. The Bertz CT molecular complexity index is 1270. The number of carbonyl (C=O) groups is 2. The van der Waals surface area contributed by atoms with Gasteiger partial charge in [-0.1, -0.05) is 12.1 Å². The van der Waals surface area contributed by atoms with E-state index in [1.54, 1.807) is 11.7 Å². The Labute approximate surface area is 196 Å². The van der Waals surface area contributed by atoms with E-state index in [1.165, 1.54) is 0 Å². The van der Waals surface area contributed by atoms with Crippen LogP contribution in [0.3, 0.4) is 0 Å². The number of piperazine rings is 1. The summed E-state index contributed by atoms with van der Waals surface area (Å²) >= 11 is 5.47. The fourth-order valence-corrected chi connectivity index (χ4v) is 4.89. The summed E-state index contributed by atoms with van der Waals surface area (Å²) in [5, 5.41) is 3.79. The van der Waals surface area contributed by atoms with E-state index in [9.17, 15) is 9.59 Å². The molecule has 9 heteroatoms. The molecule has 170 valence electrons. The average Bonchev–Trinajstić information content (AvgIpc) is 3.19. The number of anilines is 2. The van der Waals surface area contributed by atoms with Crippen LogP contribution in [0.4, 0.5) is 11.5 Å². The van der Waals surface area contributed by atoms with E-state index in [1.807, 2.05) is 53.4 Å². The minimum absolute atomic E-state index is 0.0610. The van der Waals surface area contributed by atoms with Crippen LogP contribution >= 0.6 is 12.2 Å². The highest BCUT2D eigenvalue weighted by atomic mass is 32.1. The lowest BCUT2D eigenvalue weighted by atomic mass is 10.1. The van der Waals surface area contributed by atoms with Gasteiger partial charge in [-0.3, -0.25) is 14.2 Å². The molecule has 2 amide bonds. The van der Waals surface area contributed by atoms with Crippen molar-refractivity contribution in [2.75, 3.05) is 43.5 Å². The molecule has 1 fully saturated rings. The first-order chi connectivity index (χ1) is 16.0. The number of carbonyl (C=O) groups excluding carboxylic acids is 2. The molecule has 1 unspecified atom stereocenters. The summed E-state index contributed by atoms with van der Waals surface area (Å²) in [4.78, 5) is 34.2. The lowest BCUT2D eigenvalue weighted by Crippen LogP contribution is -2.48. The zero-order valence-corrected chi connectivity index (χ0v) is 19.2. The van der Waals surface area contributed by atoms with Crippen molar-refractivity contribution in [1.29, 1.82) is 0 Å². The molecule has 33 heavy (non-hydrogen) atoms. The summed E-state index contributed by atoms with van der Waals surface area (Å²) in [6.45, 7) is 2.85. The van der Waals surface area contributed by atoms with Gasteiger partial charge in [-0.25, -0.2) is 4.98 Å². The molecule has 2 aliphatic heterocycles. The summed E-state index contributed by atoms with van der Waals surface area (Å²) in [6.07, 6.45) is 0.680. The number of hydrogen-bond donors (Lipinski definition) is 1. The van der Waals surface area contributed by atoms with Crippen LogP contribution in [0, 0.1) is 4.77 Å². The highest BCUT2D eigenvalue weighted by Gasteiger charge is 2.33. The highest BCUT2D eigenvalue weighted by molar-refractivity contribution is 7.71. The van der Waals surface area contributed by atoms with E-state index < -0.39 is 6.04 Å². The van der Waals surface area contributed by atoms with Gasteiger partial charge in [0.15, 0.2) is 0 Å². The van der Waals surface area contributed by atoms with Crippen molar-refractivity contribution < 1.29 is 14.3 Å². The molecule has 0 spiro atoms. The number of hydrogen-bond acceptors (Lipinski definition) is 6. The third-order valence-corrected chi connectivity index (χ3v) is 6.67. The first kappa shape index (κ1) is 21.4. The molecular weight excluding hydrogens is 438 g/mol. The van der Waals surface area contributed by atoms with Gasteiger partial charge in [-0.15, -0.1) is 0 Å². The van der Waals surface area contributed by atoms with Crippen LogP contribution < -0.4 is 15.0 Å². The number of para-hydroxylation sites is 1. The van der Waals surface area contributed by atoms with Crippen molar-refractivity contribution >= 4 is 46.4 Å². The maximum Gasteiger partial charge on any atom is 0.248 e. The van der Waals surface area contributed by atoms with Crippen LogP contribution in [0.1, 0.15) is 18.9 Å². The van der Waals surface area contributed by atoms with Crippen LogP contribution in [-0.4, -0.2) is 59.6 Å². The Morgan fingerprint density at radius 3 is 2.58 bits per heavy atom. The zero-order chi connectivity index (χ0) is 22.9. The van der Waals surface area contributed by atoms with Gasteiger partial charge in [0, 0.05) is 43.7 Å². The fraction of sp³-hybridized carbons (Fsp3) is 0.333. The molecule has 2 aliphatic rings. The van der Waals surface area contributed by atoms with Gasteiger partial charge < -0.3 is 19.9 Å². The Balaban J connectivity index is 1.22. The van der Waals surface area contributed by atoms with Crippen molar-refractivity contribution in [3.05, 3.63) is 53.3 Å². The summed E-state index contributed by atoms with van der Waals surface area (Å²) in [5.74, 6) is 1.41. The number of methoxy groups -OCH3 is 1. The molecule has 1 atom stereocenters. The Morgan fingerprint density at radius 1 is 1.12 bits per heavy atom. The third kappa shape index (κ3) is 4.04. The predicted octanol–water partition coefficient (Wildman–Crippen LogP) is 3.40. The van der Waals surface area contributed by atoms with Gasteiger partial charge in [-0.2, -0.15) is 0 Å². The zero-order valence-electron chi connectivity index (χ0n) is 18.4. The van der Waals surface area contributed by atoms with Gasteiger partial charge in [0.25, 0.3) is 0 Å². The number of benzene rings is 2. The molecule has 0 bridgehead atoms. The fourth-order valence-electron chi connectivity index (χ4n) is 4.57. The van der Waals surface area contributed by atoms with Gasteiger partial charge in [0.1, 0.15) is 17.6 Å². The molecule has 2 aromatic carbocycles. The molecule has 0 saturated carbocycles. The van der Waals surface area contributed by atoms with Crippen molar-refractivity contribution in [3.63, 3.8) is 0 Å². The molecule has 1 N–H and O–H groups in total. The number of rotatable bonds is 5. The number of ether oxygens (including phenoxy) is 1. The number of aromatic nitrogens is 2. The Hall–Kier alpha value is -3.46. The van der Waals surface area contributed by atoms with E-state index in [0.717, 1.165) is 35.4 Å². The van der Waals surface area contributed by atoms with E-state index in [2.05, 4.69) is 15.2 Å². The largest absolute Gasteiger partial charge is 0.497 e. The minimum atomic E-state index is -0.519. The maximum absolute atomic E-state index is 12.9. The highest BCUT2D eigenvalue weighted by Crippen LogP contribution is 2.33. The third-order valence-electron chi connectivity index (χ3n) is 6.38. The van der Waals surface area contributed by atoms with Crippen LogP contribution in [0.2, 0.25) is 0 Å². The number of amides is 2. The number of nitrogens with zero attached hydrogens (tertiary/aromatic N) is 4. The van der Waals surface area contributed by atoms with E-state index in [0.29, 0.717) is 30.1 Å². The molecule has 5 rings (SSSR count). The molecular formula is C24H25N5O3S. The first-order valence-electron chi connectivity index (χ1n) is 11.0. The molecule has 0 radical (unpaired) electrons. The van der Waals surface area contributed by atoms with E-state index in [-0.39, 0.29) is 18.2 Å². The molecule has 0 aliphatic carbocycles. The van der Waals surface area contributed by atoms with Crippen LogP contribution in [0.25, 0.3) is 10.9 Å². The Morgan fingerprint density at radius 2 is 1.85 bits per heavy atom. The normalized spacial score (nSPS) is 17.7. The lowest BCUT2D eigenvalue weighted by Gasteiger charge is -2.36. The number of nitrogens with one attached hydrogen (secondary N) is 1. The monoisotopic (exact) mass is 463 g/mol. The summed E-state index contributed by atoms with van der Waals surface area (Å²) in [5.41, 5.74) is 1.87. The molecule has 1 aromatic heterocycles. The molecule has 1 saturated heterocycles. The second-order valence-electron chi connectivity index (χ2n) is 8.24. The van der Waals surface area contributed by atoms with Gasteiger partial charge in [0.2, 0.25) is 16.6 Å². The molecule has 3 aromatic rings. The summed E-state index contributed by atoms with van der Waals surface area (Å²) in [6, 6.07) is 15.0. The lowest BCUT2D eigenvalue weighted by molar-refractivity contribution is -0.131. The topological polar surface area (TPSA) is 79.7 Å². The van der Waals surface area contributed by atoms with Crippen LogP contribution in [0.15, 0.2) is 48.5 Å². The minimum Gasteiger partial charge on any atom is -0.497 e. The van der Waals surface area contributed by atoms with Crippen LogP contribution in [0.5, 0.6) is 5.75 Å². The second kappa shape index (κ2) is 8.82. The van der Waals surface area contributed by atoms with Crippen LogP contribution in [-0.2, 0) is 9.59 Å². The summed E-state index contributed by atoms with van der Waals surface area (Å²) < 4.78 is 7.33. The quantitative estimate of drug-likeness (QED) is 0.585. The maximum atomic E-state index is 12.9. The van der Waals surface area contributed by atoms with E-state index in [4.69, 9.17) is 17.0 Å². The molecule has 8 nitrogen and oxygen atoms in total. The second-order valence-corrected chi connectivity index (χ2v) is 8.60. The predicted molar refractivity (Wildman–Crippen MR) is 129 cm³/mol.